The van der Waals surface area contributed by atoms with Gasteiger partial charge in [0.1, 0.15) is 5.82 Å². The normalized spacial score (nSPS) is 18.5. The van der Waals surface area contributed by atoms with Gasteiger partial charge in [-0.1, -0.05) is 43.0 Å². The van der Waals surface area contributed by atoms with Gasteiger partial charge in [-0.3, -0.25) is 4.79 Å². The Hall–Kier alpha value is -1.98. The van der Waals surface area contributed by atoms with Gasteiger partial charge in [0.15, 0.2) is 0 Å². The highest BCUT2D eigenvalue weighted by atomic mass is 35.5. The van der Waals surface area contributed by atoms with E-state index in [0.29, 0.717) is 42.9 Å². The second kappa shape index (κ2) is 8.36. The van der Waals surface area contributed by atoms with Gasteiger partial charge in [0.2, 0.25) is 0 Å². The summed E-state index contributed by atoms with van der Waals surface area (Å²) in [4.78, 5) is 18.5. The van der Waals surface area contributed by atoms with Crippen LogP contribution in [0.1, 0.15) is 42.5 Å². The number of H-pyrrole nitrogens is 1. The molecule has 2 heterocycles. The molecule has 2 N–H and O–H groups in total. The molecule has 1 saturated carbocycles. The number of aromatic nitrogens is 1. The molecular weight excluding hydrogens is 362 g/mol. The number of aromatic amines is 1. The monoisotopic (exact) mass is 387 g/mol. The predicted octanol–water partition coefficient (Wildman–Crippen LogP) is 4.55. The molecule has 1 aliphatic heterocycles. The smallest absolute Gasteiger partial charge is 0.257 e. The summed E-state index contributed by atoms with van der Waals surface area (Å²) in [7, 11) is 0. The van der Waals surface area contributed by atoms with E-state index in [1.165, 1.54) is 19.3 Å². The van der Waals surface area contributed by atoms with Crippen molar-refractivity contribution in [1.29, 1.82) is 0 Å². The molecule has 0 spiro atoms. The van der Waals surface area contributed by atoms with Crippen LogP contribution in [-0.4, -0.2) is 48.1 Å². The highest BCUT2D eigenvalue weighted by Gasteiger charge is 2.25. The third-order valence-corrected chi connectivity index (χ3v) is 5.71. The summed E-state index contributed by atoms with van der Waals surface area (Å²) in [6.45, 7) is 2.49. The summed E-state index contributed by atoms with van der Waals surface area (Å²) in [6, 6.07) is 10.1. The minimum atomic E-state index is 0.0630. The van der Waals surface area contributed by atoms with Crippen molar-refractivity contribution < 1.29 is 9.53 Å². The van der Waals surface area contributed by atoms with Gasteiger partial charge in [-0.2, -0.15) is 0 Å². The maximum absolute atomic E-state index is 13.2. The lowest BCUT2D eigenvalue weighted by Gasteiger charge is -2.28. The Kier molecular flexibility index (Phi) is 5.69. The Morgan fingerprint density at radius 3 is 2.52 bits per heavy atom. The van der Waals surface area contributed by atoms with Crippen molar-refractivity contribution in [1.82, 2.24) is 9.88 Å². The number of ether oxygens (including phenoxy) is 1. The molecule has 4 rings (SSSR count). The number of halogens is 1. The van der Waals surface area contributed by atoms with Crippen molar-refractivity contribution in [3.8, 4) is 11.3 Å². The minimum absolute atomic E-state index is 0.0630. The molecule has 0 bridgehead atoms. The molecular formula is C21H26ClN3O2. The number of anilines is 1. The van der Waals surface area contributed by atoms with Crippen LogP contribution < -0.4 is 5.32 Å². The molecule has 1 aromatic carbocycles. The van der Waals surface area contributed by atoms with Crippen LogP contribution in [0.2, 0.25) is 5.02 Å². The van der Waals surface area contributed by atoms with Crippen LogP contribution in [-0.2, 0) is 4.74 Å². The van der Waals surface area contributed by atoms with Gasteiger partial charge in [0.25, 0.3) is 5.91 Å². The first-order chi connectivity index (χ1) is 13.2. The first-order valence-electron chi connectivity index (χ1n) is 9.83. The van der Waals surface area contributed by atoms with E-state index in [1.807, 2.05) is 35.2 Å². The van der Waals surface area contributed by atoms with Crippen LogP contribution in [0, 0.1) is 0 Å². The van der Waals surface area contributed by atoms with Gasteiger partial charge >= 0.3 is 0 Å². The van der Waals surface area contributed by atoms with Crippen LogP contribution in [0.3, 0.4) is 0 Å². The third kappa shape index (κ3) is 4.30. The number of nitrogens with one attached hydrogen (secondary N) is 2. The topological polar surface area (TPSA) is 57.4 Å². The summed E-state index contributed by atoms with van der Waals surface area (Å²) in [5.74, 6) is 0.899. The van der Waals surface area contributed by atoms with Gasteiger partial charge in [-0.25, -0.2) is 0 Å². The zero-order chi connectivity index (χ0) is 18.6. The second-order valence-electron chi connectivity index (χ2n) is 7.36. The fraction of sp³-hybridized carbons (Fsp3) is 0.476. The van der Waals surface area contributed by atoms with Crippen LogP contribution in [0.15, 0.2) is 30.3 Å². The molecule has 0 radical (unpaired) electrons. The number of amides is 1. The number of carbonyl (C=O) groups is 1. The van der Waals surface area contributed by atoms with E-state index in [0.717, 1.165) is 29.9 Å². The van der Waals surface area contributed by atoms with E-state index in [2.05, 4.69) is 10.3 Å². The molecule has 1 aromatic heterocycles. The van der Waals surface area contributed by atoms with E-state index < -0.39 is 0 Å². The van der Waals surface area contributed by atoms with E-state index in [1.54, 1.807) is 0 Å². The highest BCUT2D eigenvalue weighted by Crippen LogP contribution is 2.30. The largest absolute Gasteiger partial charge is 0.378 e. The minimum Gasteiger partial charge on any atom is -0.378 e. The SMILES string of the molecule is O=C(c1cc(-c2ccc(Cl)cc2)[nH]c1NC1CCCCC1)N1CCOCC1. The molecule has 6 heteroatoms. The highest BCUT2D eigenvalue weighted by molar-refractivity contribution is 6.30. The van der Waals surface area contributed by atoms with E-state index in [-0.39, 0.29) is 5.91 Å². The zero-order valence-electron chi connectivity index (χ0n) is 15.5. The molecule has 1 amide bonds. The van der Waals surface area contributed by atoms with Crippen molar-refractivity contribution in [3.63, 3.8) is 0 Å². The van der Waals surface area contributed by atoms with Gasteiger partial charge in [0, 0.05) is 29.8 Å². The predicted molar refractivity (Wildman–Crippen MR) is 108 cm³/mol. The Morgan fingerprint density at radius 1 is 1.11 bits per heavy atom. The van der Waals surface area contributed by atoms with E-state index >= 15 is 0 Å². The molecule has 2 fully saturated rings. The number of carbonyl (C=O) groups excluding carboxylic acids is 1. The molecule has 2 aromatic rings. The quantitative estimate of drug-likeness (QED) is 0.808. The number of benzene rings is 1. The van der Waals surface area contributed by atoms with Crippen LogP contribution in [0.4, 0.5) is 5.82 Å². The molecule has 1 aliphatic carbocycles. The number of nitrogens with zero attached hydrogens (tertiary/aromatic N) is 1. The maximum Gasteiger partial charge on any atom is 0.257 e. The van der Waals surface area contributed by atoms with Crippen molar-refractivity contribution in [2.75, 3.05) is 31.6 Å². The molecule has 144 valence electrons. The lowest BCUT2D eigenvalue weighted by Crippen LogP contribution is -2.41. The van der Waals surface area contributed by atoms with Crippen molar-refractivity contribution in [2.24, 2.45) is 0 Å². The summed E-state index contributed by atoms with van der Waals surface area (Å²) in [6.07, 6.45) is 6.10. The fourth-order valence-electron chi connectivity index (χ4n) is 3.91. The van der Waals surface area contributed by atoms with Gasteiger partial charge in [0.05, 0.1) is 18.8 Å². The molecule has 5 nitrogen and oxygen atoms in total. The summed E-state index contributed by atoms with van der Waals surface area (Å²) >= 11 is 6.02. The molecule has 0 atom stereocenters. The first kappa shape index (κ1) is 18.4. The first-order valence-corrected chi connectivity index (χ1v) is 10.2. The Bertz CT molecular complexity index is 775. The Morgan fingerprint density at radius 2 is 1.81 bits per heavy atom. The van der Waals surface area contributed by atoms with Crippen molar-refractivity contribution in [3.05, 3.63) is 40.9 Å². The van der Waals surface area contributed by atoms with E-state index in [9.17, 15) is 4.79 Å². The Labute approximate surface area is 165 Å². The number of morpholine rings is 1. The Balaban J connectivity index is 1.63. The van der Waals surface area contributed by atoms with Crippen molar-refractivity contribution >= 4 is 23.3 Å². The average molecular weight is 388 g/mol. The van der Waals surface area contributed by atoms with Crippen molar-refractivity contribution in [2.45, 2.75) is 38.1 Å². The van der Waals surface area contributed by atoms with Crippen LogP contribution in [0.5, 0.6) is 0 Å². The van der Waals surface area contributed by atoms with Crippen LogP contribution in [0.25, 0.3) is 11.3 Å². The average Bonchev–Trinajstić information content (AvgIpc) is 3.13. The lowest BCUT2D eigenvalue weighted by atomic mass is 9.95. The summed E-state index contributed by atoms with van der Waals surface area (Å²) in [5, 5.41) is 4.31. The molecule has 27 heavy (non-hydrogen) atoms. The molecule has 2 aliphatic rings. The van der Waals surface area contributed by atoms with Gasteiger partial charge in [-0.05, 0) is 36.6 Å². The third-order valence-electron chi connectivity index (χ3n) is 5.46. The second-order valence-corrected chi connectivity index (χ2v) is 7.80. The maximum atomic E-state index is 13.2. The van der Waals surface area contributed by atoms with Gasteiger partial charge in [-0.15, -0.1) is 0 Å². The summed E-state index contributed by atoms with van der Waals surface area (Å²) in [5.41, 5.74) is 2.67. The van der Waals surface area contributed by atoms with E-state index in [4.69, 9.17) is 16.3 Å². The number of hydrogen-bond acceptors (Lipinski definition) is 3. The van der Waals surface area contributed by atoms with Crippen LogP contribution >= 0.6 is 11.6 Å². The van der Waals surface area contributed by atoms with Gasteiger partial charge < -0.3 is 19.9 Å². The number of rotatable bonds is 4. The fourth-order valence-corrected chi connectivity index (χ4v) is 4.04. The standard InChI is InChI=1S/C21H26ClN3O2/c22-16-8-6-15(7-9-16)19-14-18(21(26)25-10-12-27-13-11-25)20(24-19)23-17-4-2-1-3-5-17/h6-9,14,17,23-24H,1-5,10-13H2. The zero-order valence-corrected chi connectivity index (χ0v) is 16.2. The summed E-state index contributed by atoms with van der Waals surface area (Å²) < 4.78 is 5.39. The number of hydrogen-bond donors (Lipinski definition) is 2. The molecule has 1 saturated heterocycles. The lowest BCUT2D eigenvalue weighted by molar-refractivity contribution is 0.0303. The molecule has 0 unspecified atom stereocenters.